The number of phenols is 1. The SMILES string of the molecule is Cn1ccnc1CC1NC2=C(CN)N=C(c3ccc(O)cc3)CN2C1=O. The van der Waals surface area contributed by atoms with Gasteiger partial charge in [-0.05, 0) is 29.8 Å². The summed E-state index contributed by atoms with van der Waals surface area (Å²) in [6, 6.07) is 6.39. The topological polar surface area (TPSA) is 109 Å². The zero-order valence-corrected chi connectivity index (χ0v) is 14.4. The average Bonchev–Trinajstić information content (AvgIpc) is 3.19. The molecular formula is C18H20N6O2. The molecule has 2 aromatic rings. The summed E-state index contributed by atoms with van der Waals surface area (Å²) in [7, 11) is 1.91. The van der Waals surface area contributed by atoms with Gasteiger partial charge in [0.25, 0.3) is 5.91 Å². The van der Waals surface area contributed by atoms with Crippen LogP contribution in [0.15, 0.2) is 53.2 Å². The number of nitrogens with zero attached hydrogens (tertiary/aromatic N) is 4. The van der Waals surface area contributed by atoms with Gasteiger partial charge in [0.2, 0.25) is 0 Å². The van der Waals surface area contributed by atoms with Crippen LogP contribution >= 0.6 is 0 Å². The fraction of sp³-hybridized carbons (Fsp3) is 0.278. The molecule has 1 amide bonds. The van der Waals surface area contributed by atoms with Gasteiger partial charge in [-0.1, -0.05) is 0 Å². The molecular weight excluding hydrogens is 332 g/mol. The summed E-state index contributed by atoms with van der Waals surface area (Å²) in [6.45, 7) is 0.593. The molecule has 2 aliphatic heterocycles. The first-order chi connectivity index (χ1) is 12.6. The van der Waals surface area contributed by atoms with Gasteiger partial charge < -0.3 is 20.7 Å². The van der Waals surface area contributed by atoms with Crippen LogP contribution in [-0.2, 0) is 18.3 Å². The summed E-state index contributed by atoms with van der Waals surface area (Å²) in [5, 5.41) is 12.7. The molecule has 26 heavy (non-hydrogen) atoms. The van der Waals surface area contributed by atoms with Crippen LogP contribution < -0.4 is 11.1 Å². The molecule has 2 aliphatic rings. The van der Waals surface area contributed by atoms with E-state index in [9.17, 15) is 9.90 Å². The second kappa shape index (κ2) is 6.30. The molecule has 0 bridgehead atoms. The number of fused-ring (bicyclic) bond motifs is 1. The summed E-state index contributed by atoms with van der Waals surface area (Å²) >= 11 is 0. The predicted octanol–water partition coefficient (Wildman–Crippen LogP) is 0.0993. The molecule has 8 heteroatoms. The van der Waals surface area contributed by atoms with Crippen LogP contribution in [0.2, 0.25) is 0 Å². The van der Waals surface area contributed by atoms with Gasteiger partial charge in [0.1, 0.15) is 23.4 Å². The number of nitrogens with two attached hydrogens (primary N) is 1. The van der Waals surface area contributed by atoms with Crippen molar-refractivity contribution < 1.29 is 9.90 Å². The van der Waals surface area contributed by atoms with E-state index in [0.29, 0.717) is 24.5 Å². The molecule has 0 aliphatic carbocycles. The number of aliphatic imine (C=N–C) groups is 1. The van der Waals surface area contributed by atoms with Crippen LogP contribution in [0.3, 0.4) is 0 Å². The lowest BCUT2D eigenvalue weighted by Crippen LogP contribution is -2.37. The molecule has 1 aromatic heterocycles. The Labute approximate surface area is 150 Å². The molecule has 1 atom stereocenters. The van der Waals surface area contributed by atoms with E-state index < -0.39 is 0 Å². The number of aromatic nitrogens is 2. The van der Waals surface area contributed by atoms with Crippen LogP contribution in [0.4, 0.5) is 0 Å². The lowest BCUT2D eigenvalue weighted by atomic mass is 10.1. The molecule has 1 unspecified atom stereocenters. The molecule has 3 heterocycles. The van der Waals surface area contributed by atoms with Crippen molar-refractivity contribution >= 4 is 11.6 Å². The fourth-order valence-electron chi connectivity index (χ4n) is 3.27. The van der Waals surface area contributed by atoms with Crippen molar-refractivity contribution in [3.63, 3.8) is 0 Å². The molecule has 0 saturated carbocycles. The molecule has 8 nitrogen and oxygen atoms in total. The number of amides is 1. The second-order valence-electron chi connectivity index (χ2n) is 6.38. The van der Waals surface area contributed by atoms with E-state index in [1.54, 1.807) is 35.4 Å². The highest BCUT2D eigenvalue weighted by atomic mass is 16.3. The highest BCUT2D eigenvalue weighted by molar-refractivity contribution is 6.06. The number of rotatable bonds is 4. The summed E-state index contributed by atoms with van der Waals surface area (Å²) in [4.78, 5) is 23.6. The molecule has 4 N–H and O–H groups in total. The number of imidazole rings is 1. The number of aromatic hydroxyl groups is 1. The van der Waals surface area contributed by atoms with Crippen LogP contribution in [0, 0.1) is 0 Å². The van der Waals surface area contributed by atoms with E-state index in [-0.39, 0.29) is 24.2 Å². The number of carbonyl (C=O) groups excluding carboxylic acids is 1. The molecule has 4 rings (SSSR count). The lowest BCUT2D eigenvalue weighted by Gasteiger charge is -2.24. The third-order valence-electron chi connectivity index (χ3n) is 4.70. The predicted molar refractivity (Wildman–Crippen MR) is 96.3 cm³/mol. The molecule has 1 aromatic carbocycles. The smallest absolute Gasteiger partial charge is 0.251 e. The minimum absolute atomic E-state index is 0.0138. The van der Waals surface area contributed by atoms with E-state index >= 15 is 0 Å². The van der Waals surface area contributed by atoms with Crippen molar-refractivity contribution in [2.75, 3.05) is 13.1 Å². The fourth-order valence-corrected chi connectivity index (χ4v) is 3.27. The first-order valence-corrected chi connectivity index (χ1v) is 8.41. The Hall–Kier alpha value is -3.13. The van der Waals surface area contributed by atoms with Gasteiger partial charge in [-0.25, -0.2) is 4.98 Å². The summed E-state index contributed by atoms with van der Waals surface area (Å²) in [5.74, 6) is 1.69. The van der Waals surface area contributed by atoms with E-state index in [0.717, 1.165) is 17.1 Å². The van der Waals surface area contributed by atoms with E-state index in [2.05, 4.69) is 15.3 Å². The Morgan fingerprint density at radius 3 is 2.77 bits per heavy atom. The molecule has 134 valence electrons. The van der Waals surface area contributed by atoms with Gasteiger partial charge in [0, 0.05) is 32.4 Å². The van der Waals surface area contributed by atoms with Crippen LogP contribution in [0.1, 0.15) is 11.4 Å². The maximum absolute atomic E-state index is 12.9. The van der Waals surface area contributed by atoms with Crippen LogP contribution in [0.25, 0.3) is 0 Å². The van der Waals surface area contributed by atoms with Gasteiger partial charge in [0.05, 0.1) is 18.0 Å². The average molecular weight is 352 g/mol. The first kappa shape index (κ1) is 16.3. The number of hydrogen-bond acceptors (Lipinski definition) is 6. The Morgan fingerprint density at radius 1 is 1.35 bits per heavy atom. The number of hydrogen-bond donors (Lipinski definition) is 3. The number of phenolic OH excluding ortho intramolecular Hbond substituents is 1. The van der Waals surface area contributed by atoms with Gasteiger partial charge in [-0.2, -0.15) is 0 Å². The van der Waals surface area contributed by atoms with Crippen molar-refractivity contribution in [1.29, 1.82) is 0 Å². The highest BCUT2D eigenvalue weighted by Gasteiger charge is 2.40. The first-order valence-electron chi connectivity index (χ1n) is 8.41. The van der Waals surface area contributed by atoms with Crippen LogP contribution in [-0.4, -0.2) is 50.3 Å². The Kier molecular flexibility index (Phi) is 3.96. The van der Waals surface area contributed by atoms with E-state index in [1.807, 2.05) is 17.8 Å². The quantitative estimate of drug-likeness (QED) is 0.723. The maximum Gasteiger partial charge on any atom is 0.251 e. The number of nitrogens with one attached hydrogen (secondary N) is 1. The van der Waals surface area contributed by atoms with E-state index in [4.69, 9.17) is 5.73 Å². The summed E-state index contributed by atoms with van der Waals surface area (Å²) in [5.41, 5.74) is 8.13. The minimum Gasteiger partial charge on any atom is -0.508 e. The zero-order chi connectivity index (χ0) is 18.3. The van der Waals surface area contributed by atoms with Crippen LogP contribution in [0.5, 0.6) is 5.75 Å². The van der Waals surface area contributed by atoms with Crippen molar-refractivity contribution in [1.82, 2.24) is 19.8 Å². The highest BCUT2D eigenvalue weighted by Crippen LogP contribution is 2.25. The van der Waals surface area contributed by atoms with E-state index in [1.165, 1.54) is 0 Å². The monoisotopic (exact) mass is 352 g/mol. The Bertz CT molecular complexity index is 912. The Morgan fingerprint density at radius 2 is 2.12 bits per heavy atom. The van der Waals surface area contributed by atoms with Crippen molar-refractivity contribution in [2.45, 2.75) is 12.5 Å². The summed E-state index contributed by atoms with van der Waals surface area (Å²) < 4.78 is 1.91. The normalized spacial score (nSPS) is 19.5. The Balaban J connectivity index is 1.62. The minimum atomic E-state index is -0.387. The number of aryl methyl sites for hydroxylation is 1. The van der Waals surface area contributed by atoms with Crippen molar-refractivity contribution in [3.8, 4) is 5.75 Å². The number of benzene rings is 1. The lowest BCUT2D eigenvalue weighted by molar-refractivity contribution is -0.127. The maximum atomic E-state index is 12.9. The largest absolute Gasteiger partial charge is 0.508 e. The standard InChI is InChI=1S/C18H20N6O2/c1-23-7-6-20-16(23)8-13-18(26)24-10-15(11-2-4-12(25)5-3-11)21-14(9-19)17(24)22-13/h2-7,13,22,25H,8-10,19H2,1H3. The molecule has 1 saturated heterocycles. The molecule has 0 radical (unpaired) electrons. The number of carbonyl (C=O) groups is 1. The van der Waals surface area contributed by atoms with Crippen molar-refractivity contribution in [3.05, 3.63) is 59.6 Å². The third kappa shape index (κ3) is 2.74. The zero-order valence-electron chi connectivity index (χ0n) is 14.4. The second-order valence-corrected chi connectivity index (χ2v) is 6.38. The van der Waals surface area contributed by atoms with Gasteiger partial charge in [0.15, 0.2) is 0 Å². The summed E-state index contributed by atoms with van der Waals surface area (Å²) in [6.07, 6.45) is 4.08. The van der Waals surface area contributed by atoms with Crippen molar-refractivity contribution in [2.24, 2.45) is 17.8 Å². The van der Waals surface area contributed by atoms with Gasteiger partial charge >= 0.3 is 0 Å². The molecule has 0 spiro atoms. The third-order valence-corrected chi connectivity index (χ3v) is 4.70. The van der Waals surface area contributed by atoms with Gasteiger partial charge in [-0.3, -0.25) is 14.7 Å². The molecule has 1 fully saturated rings. The van der Waals surface area contributed by atoms with Gasteiger partial charge in [-0.15, -0.1) is 0 Å².